The zero-order valence-electron chi connectivity index (χ0n) is 17.6. The highest BCUT2D eigenvalue weighted by atomic mass is 35.5. The molecule has 0 atom stereocenters. The molecule has 1 fully saturated rings. The van der Waals surface area contributed by atoms with Gasteiger partial charge in [-0.2, -0.15) is 4.31 Å². The lowest BCUT2D eigenvalue weighted by molar-refractivity contribution is -0.119. The Labute approximate surface area is 195 Å². The second kappa shape index (κ2) is 10.8. The fourth-order valence-electron chi connectivity index (χ4n) is 2.96. The molecule has 0 aliphatic carbocycles. The van der Waals surface area contributed by atoms with Gasteiger partial charge in [0.25, 0.3) is 5.91 Å². The topological polar surface area (TPSA) is 128 Å². The van der Waals surface area contributed by atoms with Crippen molar-refractivity contribution in [2.45, 2.75) is 4.90 Å². The van der Waals surface area contributed by atoms with Crippen LogP contribution in [0.3, 0.4) is 0 Å². The summed E-state index contributed by atoms with van der Waals surface area (Å²) in [5.74, 6) is -2.04. The average Bonchev–Trinajstić information content (AvgIpc) is 2.84. The van der Waals surface area contributed by atoms with Gasteiger partial charge < -0.3 is 19.5 Å². The van der Waals surface area contributed by atoms with Crippen molar-refractivity contribution >= 4 is 45.2 Å². The standard InChI is InChI=1S/C21H21ClN2O8S/c1-30-20(26)14-2-4-15(5-3-14)21(27)32-13-19(25)23-18-12-16(6-7-17(18)22)33(28,29)24-8-10-31-11-9-24/h2-7,12H,8-11,13H2,1H3,(H,23,25). The first-order valence-electron chi connectivity index (χ1n) is 9.75. The summed E-state index contributed by atoms with van der Waals surface area (Å²) in [5.41, 5.74) is 0.454. The van der Waals surface area contributed by atoms with Crippen LogP contribution in [0.5, 0.6) is 0 Å². The Bertz CT molecular complexity index is 1150. The molecule has 1 amide bonds. The molecule has 0 unspecified atom stereocenters. The number of rotatable bonds is 7. The van der Waals surface area contributed by atoms with Crippen LogP contribution in [0.25, 0.3) is 0 Å². The van der Waals surface area contributed by atoms with Crippen LogP contribution in [0, 0.1) is 0 Å². The first-order chi connectivity index (χ1) is 15.7. The fourth-order valence-corrected chi connectivity index (χ4v) is 4.56. The third-order valence-corrected chi connectivity index (χ3v) is 6.92. The van der Waals surface area contributed by atoms with E-state index in [4.69, 9.17) is 21.1 Å². The molecule has 33 heavy (non-hydrogen) atoms. The summed E-state index contributed by atoms with van der Waals surface area (Å²) in [7, 11) is -2.55. The van der Waals surface area contributed by atoms with Gasteiger partial charge in [0.15, 0.2) is 6.61 Å². The van der Waals surface area contributed by atoms with Crippen molar-refractivity contribution in [2.24, 2.45) is 0 Å². The molecule has 12 heteroatoms. The van der Waals surface area contributed by atoms with E-state index in [1.54, 1.807) is 0 Å². The van der Waals surface area contributed by atoms with Crippen LogP contribution < -0.4 is 5.32 Å². The van der Waals surface area contributed by atoms with E-state index in [2.05, 4.69) is 10.1 Å². The van der Waals surface area contributed by atoms with Crippen molar-refractivity contribution in [2.75, 3.05) is 45.3 Å². The molecule has 0 radical (unpaired) electrons. The fraction of sp³-hybridized carbons (Fsp3) is 0.286. The number of anilines is 1. The Morgan fingerprint density at radius 1 is 1.03 bits per heavy atom. The van der Waals surface area contributed by atoms with E-state index < -0.39 is 34.5 Å². The number of methoxy groups -OCH3 is 1. The summed E-state index contributed by atoms with van der Waals surface area (Å²) in [6.07, 6.45) is 0. The van der Waals surface area contributed by atoms with Gasteiger partial charge in [0.2, 0.25) is 10.0 Å². The van der Waals surface area contributed by atoms with E-state index in [1.165, 1.54) is 53.9 Å². The van der Waals surface area contributed by atoms with Gasteiger partial charge in [-0.05, 0) is 42.5 Å². The smallest absolute Gasteiger partial charge is 0.338 e. The number of nitrogens with zero attached hydrogens (tertiary/aromatic N) is 1. The highest BCUT2D eigenvalue weighted by Crippen LogP contribution is 2.27. The maximum absolute atomic E-state index is 12.8. The van der Waals surface area contributed by atoms with E-state index in [9.17, 15) is 22.8 Å². The van der Waals surface area contributed by atoms with Gasteiger partial charge in [-0.1, -0.05) is 11.6 Å². The van der Waals surface area contributed by atoms with Gasteiger partial charge in [0, 0.05) is 13.1 Å². The number of benzene rings is 2. The maximum Gasteiger partial charge on any atom is 0.338 e. The summed E-state index contributed by atoms with van der Waals surface area (Å²) >= 11 is 6.10. The molecule has 1 heterocycles. The van der Waals surface area contributed by atoms with E-state index >= 15 is 0 Å². The van der Waals surface area contributed by atoms with Gasteiger partial charge in [0.1, 0.15) is 0 Å². The summed E-state index contributed by atoms with van der Waals surface area (Å²) in [6, 6.07) is 9.47. The second-order valence-corrected chi connectivity index (χ2v) is 9.20. The second-order valence-electron chi connectivity index (χ2n) is 6.85. The predicted octanol–water partition coefficient (Wildman–Crippen LogP) is 1.94. The van der Waals surface area contributed by atoms with E-state index in [1.807, 2.05) is 0 Å². The predicted molar refractivity (Wildman–Crippen MR) is 118 cm³/mol. The quantitative estimate of drug-likeness (QED) is 0.576. The maximum atomic E-state index is 12.8. The Kier molecular flexibility index (Phi) is 8.03. The van der Waals surface area contributed by atoms with Crippen molar-refractivity contribution in [1.29, 1.82) is 0 Å². The van der Waals surface area contributed by atoms with Gasteiger partial charge in [-0.25, -0.2) is 18.0 Å². The van der Waals surface area contributed by atoms with Crippen LogP contribution in [0.2, 0.25) is 5.02 Å². The van der Waals surface area contributed by atoms with Gasteiger partial charge >= 0.3 is 11.9 Å². The van der Waals surface area contributed by atoms with Crippen molar-refractivity contribution in [3.8, 4) is 0 Å². The molecule has 0 spiro atoms. The van der Waals surface area contributed by atoms with E-state index in [0.29, 0.717) is 13.2 Å². The Hall–Kier alpha value is -2.99. The summed E-state index contributed by atoms with van der Waals surface area (Å²) < 4.78 is 41.6. The minimum absolute atomic E-state index is 0.0354. The van der Waals surface area contributed by atoms with Crippen LogP contribution in [0.15, 0.2) is 47.4 Å². The third kappa shape index (κ3) is 6.08. The number of amides is 1. The molecule has 1 N–H and O–H groups in total. The molecular weight excluding hydrogens is 476 g/mol. The Morgan fingerprint density at radius 3 is 2.24 bits per heavy atom. The molecule has 2 aromatic carbocycles. The molecule has 0 saturated carbocycles. The molecule has 0 aromatic heterocycles. The largest absolute Gasteiger partial charge is 0.465 e. The Balaban J connectivity index is 1.62. The Morgan fingerprint density at radius 2 is 1.64 bits per heavy atom. The van der Waals surface area contributed by atoms with Crippen molar-refractivity contribution < 1.29 is 37.0 Å². The number of carbonyl (C=O) groups is 3. The molecule has 1 aliphatic heterocycles. The first kappa shape index (κ1) is 24.6. The number of halogens is 1. The van der Waals surface area contributed by atoms with E-state index in [0.717, 1.165) is 0 Å². The third-order valence-electron chi connectivity index (χ3n) is 4.70. The highest BCUT2D eigenvalue weighted by molar-refractivity contribution is 7.89. The monoisotopic (exact) mass is 496 g/mol. The van der Waals surface area contributed by atoms with Gasteiger partial charge in [-0.15, -0.1) is 0 Å². The molecule has 1 saturated heterocycles. The molecule has 1 aliphatic rings. The summed E-state index contributed by atoms with van der Waals surface area (Å²) in [5, 5.41) is 2.57. The van der Waals surface area contributed by atoms with Crippen LogP contribution >= 0.6 is 11.6 Å². The average molecular weight is 497 g/mol. The lowest BCUT2D eigenvalue weighted by Crippen LogP contribution is -2.40. The first-order valence-corrected chi connectivity index (χ1v) is 11.6. The molecule has 0 bridgehead atoms. The van der Waals surface area contributed by atoms with Gasteiger partial charge in [-0.3, -0.25) is 4.79 Å². The number of hydrogen-bond acceptors (Lipinski definition) is 8. The lowest BCUT2D eigenvalue weighted by Gasteiger charge is -2.26. The number of sulfonamides is 1. The van der Waals surface area contributed by atoms with Crippen LogP contribution in [0.4, 0.5) is 5.69 Å². The van der Waals surface area contributed by atoms with Crippen molar-refractivity contribution in [3.63, 3.8) is 0 Å². The highest BCUT2D eigenvalue weighted by Gasteiger charge is 2.27. The summed E-state index contributed by atoms with van der Waals surface area (Å²) in [4.78, 5) is 35.8. The molecular formula is C21H21ClN2O8S. The lowest BCUT2D eigenvalue weighted by atomic mass is 10.1. The molecule has 10 nitrogen and oxygen atoms in total. The number of ether oxygens (including phenoxy) is 3. The molecule has 3 rings (SSSR count). The number of hydrogen-bond donors (Lipinski definition) is 1. The minimum atomic E-state index is -3.79. The SMILES string of the molecule is COC(=O)c1ccc(C(=O)OCC(=O)Nc2cc(S(=O)(=O)N3CCOCC3)ccc2Cl)cc1. The molecule has 176 valence electrons. The van der Waals surface area contributed by atoms with E-state index in [-0.39, 0.29) is 39.8 Å². The summed E-state index contributed by atoms with van der Waals surface area (Å²) in [6.45, 7) is 0.418. The van der Waals surface area contributed by atoms with Crippen LogP contribution in [-0.4, -0.2) is 70.6 Å². The van der Waals surface area contributed by atoms with Crippen molar-refractivity contribution in [1.82, 2.24) is 4.31 Å². The number of carbonyl (C=O) groups excluding carboxylic acids is 3. The van der Waals surface area contributed by atoms with Gasteiger partial charge in [0.05, 0.1) is 47.1 Å². The number of esters is 2. The van der Waals surface area contributed by atoms with Crippen LogP contribution in [0.1, 0.15) is 20.7 Å². The molecule has 2 aromatic rings. The number of morpholine rings is 1. The normalized spacial score (nSPS) is 14.4. The number of nitrogens with one attached hydrogen (secondary N) is 1. The van der Waals surface area contributed by atoms with Crippen LogP contribution in [-0.2, 0) is 29.0 Å². The zero-order chi connectivity index (χ0) is 24.0. The minimum Gasteiger partial charge on any atom is -0.465 e. The zero-order valence-corrected chi connectivity index (χ0v) is 19.1. The van der Waals surface area contributed by atoms with Crippen molar-refractivity contribution in [3.05, 3.63) is 58.6 Å².